The number of pyridine rings is 1. The van der Waals surface area contributed by atoms with E-state index in [4.69, 9.17) is 0 Å². The molecule has 35 heavy (non-hydrogen) atoms. The molecular weight excluding hydrogens is 662 g/mol. The second-order valence-electron chi connectivity index (χ2n) is 7.23. The van der Waals surface area contributed by atoms with E-state index in [1.54, 1.807) is 43.2 Å². The molecule has 0 bridgehead atoms. The van der Waals surface area contributed by atoms with E-state index < -0.39 is 19.6 Å². The Labute approximate surface area is 221 Å². The predicted octanol–water partition coefficient (Wildman–Crippen LogP) is 6.69. The smallest absolute Gasteiger partial charge is 0.0620 e. The van der Waals surface area contributed by atoms with Gasteiger partial charge in [0.05, 0.1) is 7.92 Å². The first kappa shape index (κ1) is 26.9. The quantitative estimate of drug-likeness (QED) is 0.152. The molecule has 0 saturated carbocycles. The molecule has 0 aliphatic heterocycles. The van der Waals surface area contributed by atoms with Gasteiger partial charge in [-0.2, -0.15) is 0 Å². The summed E-state index contributed by atoms with van der Waals surface area (Å²) in [5.41, 5.74) is 0.636. The number of halogens is 3. The molecule has 4 aromatic carbocycles. The van der Waals surface area contributed by atoms with Crippen molar-refractivity contribution in [2.45, 2.75) is 0 Å². The van der Waals surface area contributed by atoms with Crippen LogP contribution >= 0.6 is 17.3 Å². The van der Waals surface area contributed by atoms with Crippen LogP contribution in [0.25, 0.3) is 11.3 Å². The molecule has 5 rings (SSSR count). The van der Waals surface area contributed by atoms with Crippen molar-refractivity contribution in [3.05, 3.63) is 145 Å². The van der Waals surface area contributed by atoms with E-state index >= 15 is 0 Å². The molecule has 0 spiro atoms. The number of aromatic nitrogens is 1. The summed E-state index contributed by atoms with van der Waals surface area (Å²) in [7, 11) is 3.73. The maximum Gasteiger partial charge on any atom is 0.102 e. The molecule has 1 nitrogen and oxygen atoms in total. The normalized spacial score (nSPS) is 10.0. The van der Waals surface area contributed by atoms with Gasteiger partial charge in [-0.25, -0.2) is 0 Å². The van der Waals surface area contributed by atoms with E-state index in [1.807, 2.05) is 0 Å². The van der Waals surface area contributed by atoms with E-state index in [1.165, 1.54) is 15.9 Å². The summed E-state index contributed by atoms with van der Waals surface area (Å²) in [6.07, 6.45) is 1.55. The summed E-state index contributed by atoms with van der Waals surface area (Å²) in [4.78, 5) is 3.95. The molecule has 0 unspecified atom stereocenters. The van der Waals surface area contributed by atoms with Gasteiger partial charge in [-0.15, -0.1) is 12.1 Å². The van der Waals surface area contributed by atoms with Crippen LogP contribution in [0.5, 0.6) is 0 Å². The summed E-state index contributed by atoms with van der Waals surface area (Å²) in [6, 6.07) is 42.0. The first-order valence-electron chi connectivity index (χ1n) is 10.7. The van der Waals surface area contributed by atoms with Crippen LogP contribution in [-0.2, 0) is 18.8 Å². The van der Waals surface area contributed by atoms with Gasteiger partial charge < -0.3 is 4.98 Å². The second-order valence-corrected chi connectivity index (χ2v) is 9.71. The van der Waals surface area contributed by atoms with Crippen LogP contribution in [0.15, 0.2) is 128 Å². The fourth-order valence-corrected chi connectivity index (χ4v) is 6.04. The number of hydrogen-bond donors (Lipinski definition) is 0. The Balaban J connectivity index is 0.000000190. The fraction of sp³-hybridized carbons (Fsp3) is 0. The zero-order chi connectivity index (χ0) is 24.9. The van der Waals surface area contributed by atoms with Gasteiger partial charge in [0.15, 0.2) is 0 Å². The van der Waals surface area contributed by atoms with Crippen LogP contribution in [0, 0.1) is 17.7 Å². The topological polar surface area (TPSA) is 12.9 Å². The Hall–Kier alpha value is -2.70. The van der Waals surface area contributed by atoms with Crippen LogP contribution in [0.4, 0.5) is 8.78 Å². The monoisotopic (exact) mass is 683 g/mol. The Bertz CT molecular complexity index is 1180. The standard InChI is InChI=1S/C18H15P.C11H6F2N.ClH.Pt/c1-4-10-16(11-5-1)19(17-12-6-2-7-13-17)18-14-8-3-9-15-18;12-8-4-5-9(10(13)7-8)11-3-1-2-6-14-11;;/h1-15H;1-4,6-7H;1H;/q;-1;;+2. The Morgan fingerprint density at radius 3 is 1.51 bits per heavy atom. The molecule has 0 aliphatic rings. The van der Waals surface area contributed by atoms with Gasteiger partial charge in [-0.05, 0) is 48.2 Å². The minimum absolute atomic E-state index is 0.187. The van der Waals surface area contributed by atoms with Crippen LogP contribution in [0.3, 0.4) is 0 Å². The molecular formula is C29H22ClF2NPPt+. The Kier molecular flexibility index (Phi) is 11.3. The fourth-order valence-electron chi connectivity index (χ4n) is 3.47. The third-order valence-corrected chi connectivity index (χ3v) is 7.70. The van der Waals surface area contributed by atoms with E-state index in [9.17, 15) is 8.78 Å². The van der Waals surface area contributed by atoms with Gasteiger partial charge in [0, 0.05) is 17.8 Å². The molecule has 0 atom stereocenters. The minimum atomic E-state index is -0.877. The van der Waals surface area contributed by atoms with Crippen molar-refractivity contribution < 1.29 is 27.6 Å². The molecule has 0 N–H and O–H groups in total. The Morgan fingerprint density at radius 2 is 1.11 bits per heavy atom. The minimum Gasteiger partial charge on any atom is -0.0620 e. The summed E-state index contributed by atoms with van der Waals surface area (Å²) in [6.45, 7) is 0. The van der Waals surface area contributed by atoms with Gasteiger partial charge in [0.1, 0.15) is 15.9 Å². The number of hydrogen-bond acceptors (Lipinski definition) is 1. The van der Waals surface area contributed by atoms with Crippen molar-refractivity contribution >= 4 is 33.3 Å². The van der Waals surface area contributed by atoms with Crippen molar-refractivity contribution in [1.82, 2.24) is 4.98 Å². The van der Waals surface area contributed by atoms with Crippen LogP contribution < -0.4 is 15.9 Å². The molecule has 1 aromatic heterocycles. The average molecular weight is 684 g/mol. The summed E-state index contributed by atoms with van der Waals surface area (Å²) in [5.74, 6) is -1.29. The zero-order valence-corrected chi connectivity index (χ0v) is 22.5. The molecule has 5 aromatic rings. The van der Waals surface area contributed by atoms with E-state index in [0.29, 0.717) is 5.69 Å². The third-order valence-electron chi connectivity index (χ3n) is 4.97. The first-order valence-corrected chi connectivity index (χ1v) is 15.0. The van der Waals surface area contributed by atoms with Crippen molar-refractivity contribution in [2.75, 3.05) is 0 Å². The Morgan fingerprint density at radius 1 is 0.657 bits per heavy atom. The van der Waals surface area contributed by atoms with Crippen molar-refractivity contribution in [3.8, 4) is 11.3 Å². The van der Waals surface area contributed by atoms with E-state index in [2.05, 4.69) is 111 Å². The molecule has 0 amide bonds. The molecule has 0 radical (unpaired) electrons. The van der Waals surface area contributed by atoms with Crippen LogP contribution in [0.1, 0.15) is 0 Å². The molecule has 6 heteroatoms. The summed E-state index contributed by atoms with van der Waals surface area (Å²) < 4.78 is 25.8. The van der Waals surface area contributed by atoms with E-state index in [-0.39, 0.29) is 5.56 Å². The maximum atomic E-state index is 13.2. The van der Waals surface area contributed by atoms with Crippen molar-refractivity contribution in [1.29, 1.82) is 0 Å². The summed E-state index contributed by atoms with van der Waals surface area (Å²) >= 11 is 1.61. The number of nitrogens with zero attached hydrogens (tertiary/aromatic N) is 1. The molecule has 0 aliphatic carbocycles. The van der Waals surface area contributed by atoms with Gasteiger partial charge in [-0.1, -0.05) is 78.4 Å². The van der Waals surface area contributed by atoms with Gasteiger partial charge in [-0.3, -0.25) is 8.78 Å². The number of rotatable bonds is 4. The largest absolute Gasteiger partial charge is 0.102 e. The van der Waals surface area contributed by atoms with Gasteiger partial charge in [0.2, 0.25) is 0 Å². The molecule has 0 fully saturated rings. The first-order chi connectivity index (χ1) is 17.2. The van der Waals surface area contributed by atoms with Crippen LogP contribution in [0.2, 0.25) is 0 Å². The molecule has 0 saturated heterocycles. The van der Waals surface area contributed by atoms with Gasteiger partial charge >= 0.3 is 28.2 Å². The van der Waals surface area contributed by atoms with Crippen molar-refractivity contribution in [2.24, 2.45) is 0 Å². The average Bonchev–Trinajstić information content (AvgIpc) is 2.93. The van der Waals surface area contributed by atoms with Gasteiger partial charge in [0.25, 0.3) is 0 Å². The van der Waals surface area contributed by atoms with E-state index in [0.717, 1.165) is 12.1 Å². The SMILES string of the molecule is Fc1c[c-]c(-c2ccccn2)c(F)c1.[Cl][Pt+].c1ccc([PH+](c2ccccc2)c2ccccc2)cc1. The maximum absolute atomic E-state index is 13.2. The molecule has 1 heterocycles. The third kappa shape index (κ3) is 7.90. The predicted molar refractivity (Wildman–Crippen MR) is 141 cm³/mol. The van der Waals surface area contributed by atoms with Crippen molar-refractivity contribution in [3.63, 3.8) is 0 Å². The zero-order valence-electron chi connectivity index (χ0n) is 18.5. The van der Waals surface area contributed by atoms with Crippen LogP contribution in [-0.4, -0.2) is 4.98 Å². The molecule has 178 valence electrons. The second kappa shape index (κ2) is 14.6. The summed E-state index contributed by atoms with van der Waals surface area (Å²) in [5, 5.41) is 4.31. The number of benzene rings is 4.